The number of fused-ring (bicyclic) bond motifs is 1. The fourth-order valence-corrected chi connectivity index (χ4v) is 4.17. The van der Waals surface area contributed by atoms with Crippen LogP contribution in [0.2, 0.25) is 0 Å². The van der Waals surface area contributed by atoms with E-state index in [1.807, 2.05) is 18.2 Å². The summed E-state index contributed by atoms with van der Waals surface area (Å²) in [4.78, 5) is 41.5. The fourth-order valence-electron chi connectivity index (χ4n) is 4.17. The van der Waals surface area contributed by atoms with Gasteiger partial charge in [0.05, 0.1) is 6.42 Å². The van der Waals surface area contributed by atoms with Crippen molar-refractivity contribution < 1.29 is 14.4 Å². The Hall–Kier alpha value is -2.75. The zero-order chi connectivity index (χ0) is 18.1. The number of ketones is 2. The van der Waals surface area contributed by atoms with Crippen molar-refractivity contribution in [1.29, 1.82) is 0 Å². The van der Waals surface area contributed by atoms with Gasteiger partial charge in [-0.25, -0.2) is 0 Å². The monoisotopic (exact) mass is 347 g/mol. The molecule has 26 heavy (non-hydrogen) atoms. The van der Waals surface area contributed by atoms with Crippen LogP contribution in [0.15, 0.2) is 54.6 Å². The zero-order valence-electron chi connectivity index (χ0n) is 14.6. The summed E-state index contributed by atoms with van der Waals surface area (Å²) in [6.45, 7) is 1.41. The summed E-state index contributed by atoms with van der Waals surface area (Å²) >= 11 is 0. The Kier molecular flexibility index (Phi) is 4.19. The van der Waals surface area contributed by atoms with Crippen molar-refractivity contribution in [2.75, 3.05) is 13.1 Å². The molecule has 0 bridgehead atoms. The number of amides is 1. The lowest BCUT2D eigenvalue weighted by Crippen LogP contribution is -2.45. The predicted octanol–water partition coefficient (Wildman–Crippen LogP) is 3.41. The van der Waals surface area contributed by atoms with E-state index >= 15 is 0 Å². The van der Waals surface area contributed by atoms with Gasteiger partial charge in [-0.3, -0.25) is 14.4 Å². The van der Waals surface area contributed by atoms with Crippen LogP contribution >= 0.6 is 0 Å². The number of likely N-dealkylation sites (tertiary alicyclic amines) is 1. The highest BCUT2D eigenvalue weighted by molar-refractivity contribution is 6.34. The maximum Gasteiger partial charge on any atom is 0.224 e. The molecular formula is C22H21NO3. The van der Waals surface area contributed by atoms with Crippen LogP contribution in [0, 0.1) is 0 Å². The zero-order valence-corrected chi connectivity index (χ0v) is 14.6. The fraction of sp³-hybridized carbons (Fsp3) is 0.318. The number of carbonyl (C=O) groups excluding carboxylic acids is 3. The highest BCUT2D eigenvalue weighted by Crippen LogP contribution is 2.42. The molecule has 2 aliphatic rings. The molecule has 4 nitrogen and oxygen atoms in total. The second-order valence-electron chi connectivity index (χ2n) is 7.09. The number of carbonyl (C=O) groups is 3. The maximum atomic E-state index is 13.4. The van der Waals surface area contributed by atoms with Crippen LogP contribution in [0.1, 0.15) is 52.0 Å². The van der Waals surface area contributed by atoms with Gasteiger partial charge in [0, 0.05) is 24.2 Å². The van der Waals surface area contributed by atoms with E-state index in [9.17, 15) is 14.4 Å². The van der Waals surface area contributed by atoms with Crippen molar-refractivity contribution >= 4 is 17.5 Å². The smallest absolute Gasteiger partial charge is 0.224 e. The molecule has 0 saturated carbocycles. The molecule has 1 saturated heterocycles. The van der Waals surface area contributed by atoms with Gasteiger partial charge >= 0.3 is 0 Å². The first-order valence-electron chi connectivity index (χ1n) is 9.16. The lowest BCUT2D eigenvalue weighted by molar-refractivity contribution is -0.132. The molecule has 0 aromatic heterocycles. The molecule has 1 fully saturated rings. The standard InChI is InChI=1S/C22H21NO3/c24-19(23-13-7-2-8-14-23)15-22(16-9-3-1-4-10-16)20(25)17-11-5-6-12-18(17)21(22)26/h1,3-6,9-12H,2,7-8,13-15H2. The molecule has 4 rings (SSSR count). The average Bonchev–Trinajstić information content (AvgIpc) is 2.92. The summed E-state index contributed by atoms with van der Waals surface area (Å²) < 4.78 is 0. The second-order valence-corrected chi connectivity index (χ2v) is 7.09. The molecule has 0 spiro atoms. The Morgan fingerprint density at radius 3 is 1.92 bits per heavy atom. The van der Waals surface area contributed by atoms with Gasteiger partial charge in [0.2, 0.25) is 5.91 Å². The number of piperidine rings is 1. The Morgan fingerprint density at radius 1 is 0.808 bits per heavy atom. The van der Waals surface area contributed by atoms with E-state index in [2.05, 4.69) is 0 Å². The third-order valence-electron chi connectivity index (χ3n) is 5.58. The molecule has 4 heteroatoms. The van der Waals surface area contributed by atoms with Crippen molar-refractivity contribution in [1.82, 2.24) is 4.90 Å². The van der Waals surface area contributed by atoms with Crippen molar-refractivity contribution in [3.8, 4) is 0 Å². The van der Waals surface area contributed by atoms with Crippen LogP contribution < -0.4 is 0 Å². The molecule has 132 valence electrons. The van der Waals surface area contributed by atoms with E-state index in [1.165, 1.54) is 0 Å². The van der Waals surface area contributed by atoms with Crippen molar-refractivity contribution in [3.05, 3.63) is 71.3 Å². The van der Waals surface area contributed by atoms with Crippen molar-refractivity contribution in [2.45, 2.75) is 31.1 Å². The van der Waals surface area contributed by atoms with Gasteiger partial charge in [-0.1, -0.05) is 54.6 Å². The molecule has 1 aliphatic carbocycles. The molecule has 2 aromatic carbocycles. The van der Waals surface area contributed by atoms with Gasteiger partial charge in [-0.15, -0.1) is 0 Å². The largest absolute Gasteiger partial charge is 0.343 e. The minimum atomic E-state index is -1.43. The third kappa shape index (κ3) is 2.48. The summed E-state index contributed by atoms with van der Waals surface area (Å²) in [5.41, 5.74) is 0.0246. The molecular weight excluding hydrogens is 326 g/mol. The summed E-state index contributed by atoms with van der Waals surface area (Å²) in [6.07, 6.45) is 2.98. The maximum absolute atomic E-state index is 13.4. The van der Waals surface area contributed by atoms with E-state index in [1.54, 1.807) is 41.3 Å². The van der Waals surface area contributed by atoms with Crippen LogP contribution in [-0.4, -0.2) is 35.5 Å². The number of rotatable bonds is 3. The van der Waals surface area contributed by atoms with Crippen LogP contribution in [0.25, 0.3) is 0 Å². The van der Waals surface area contributed by atoms with E-state index in [4.69, 9.17) is 0 Å². The quantitative estimate of drug-likeness (QED) is 0.800. The lowest BCUT2D eigenvalue weighted by atomic mass is 9.73. The summed E-state index contributed by atoms with van der Waals surface area (Å²) in [6, 6.07) is 15.9. The number of benzene rings is 2. The molecule has 1 heterocycles. The topological polar surface area (TPSA) is 54.5 Å². The van der Waals surface area contributed by atoms with Crippen LogP contribution in [0.5, 0.6) is 0 Å². The average molecular weight is 347 g/mol. The van der Waals surface area contributed by atoms with Gasteiger partial charge in [0.1, 0.15) is 5.41 Å². The molecule has 0 N–H and O–H groups in total. The number of hydrogen-bond donors (Lipinski definition) is 0. The minimum Gasteiger partial charge on any atom is -0.343 e. The van der Waals surface area contributed by atoms with Crippen LogP contribution in [-0.2, 0) is 10.2 Å². The number of nitrogens with zero attached hydrogens (tertiary/aromatic N) is 1. The van der Waals surface area contributed by atoms with Gasteiger partial charge in [-0.05, 0) is 24.8 Å². The molecule has 0 unspecified atom stereocenters. The molecule has 2 aromatic rings. The highest BCUT2D eigenvalue weighted by atomic mass is 16.2. The Balaban J connectivity index is 1.79. The summed E-state index contributed by atoms with van der Waals surface area (Å²) in [5.74, 6) is -0.618. The van der Waals surface area contributed by atoms with Gasteiger partial charge in [0.25, 0.3) is 0 Å². The number of Topliss-reactive ketones (excluding diaryl/α,β-unsaturated/α-hetero) is 2. The van der Waals surface area contributed by atoms with Crippen molar-refractivity contribution in [3.63, 3.8) is 0 Å². The first-order chi connectivity index (χ1) is 12.6. The van der Waals surface area contributed by atoms with E-state index < -0.39 is 5.41 Å². The predicted molar refractivity (Wildman–Crippen MR) is 98.3 cm³/mol. The Bertz CT molecular complexity index is 831. The van der Waals surface area contributed by atoms with Gasteiger partial charge in [-0.2, -0.15) is 0 Å². The SMILES string of the molecule is O=C(CC1(c2ccccc2)C(=O)c2ccccc2C1=O)N1CCCCC1. The summed E-state index contributed by atoms with van der Waals surface area (Å²) in [7, 11) is 0. The second kappa shape index (κ2) is 6.52. The van der Waals surface area contributed by atoms with E-state index in [-0.39, 0.29) is 23.9 Å². The highest BCUT2D eigenvalue weighted by Gasteiger charge is 2.55. The first kappa shape index (κ1) is 16.7. The summed E-state index contributed by atoms with van der Waals surface area (Å²) in [5, 5.41) is 0. The molecule has 0 radical (unpaired) electrons. The van der Waals surface area contributed by atoms with E-state index in [0.717, 1.165) is 19.3 Å². The van der Waals surface area contributed by atoms with Crippen LogP contribution in [0.4, 0.5) is 0 Å². The molecule has 1 amide bonds. The lowest BCUT2D eigenvalue weighted by Gasteiger charge is -2.32. The van der Waals surface area contributed by atoms with Crippen molar-refractivity contribution in [2.24, 2.45) is 0 Å². The van der Waals surface area contributed by atoms with Crippen LogP contribution in [0.3, 0.4) is 0 Å². The molecule has 1 aliphatic heterocycles. The van der Waals surface area contributed by atoms with Gasteiger partial charge in [0.15, 0.2) is 11.6 Å². The third-order valence-corrected chi connectivity index (χ3v) is 5.58. The Labute approximate surface area is 152 Å². The Morgan fingerprint density at radius 2 is 1.35 bits per heavy atom. The van der Waals surface area contributed by atoms with Gasteiger partial charge < -0.3 is 4.90 Å². The van der Waals surface area contributed by atoms with E-state index in [0.29, 0.717) is 29.8 Å². The first-order valence-corrected chi connectivity index (χ1v) is 9.16. The molecule has 0 atom stereocenters. The normalized spacial score (nSPS) is 18.7. The minimum absolute atomic E-state index is 0.0939. The number of hydrogen-bond acceptors (Lipinski definition) is 3.